The monoisotopic (exact) mass is 264 g/mol. The molecule has 1 aromatic carbocycles. The van der Waals surface area contributed by atoms with E-state index in [1.807, 2.05) is 5.01 Å². The summed E-state index contributed by atoms with van der Waals surface area (Å²) < 4.78 is 0. The molecule has 0 spiro atoms. The number of carboxylic acid groups (broad SMARTS) is 2. The van der Waals surface area contributed by atoms with E-state index in [0.717, 1.165) is 19.5 Å². The molecule has 6 nitrogen and oxygen atoms in total. The molecule has 0 bridgehead atoms. The van der Waals surface area contributed by atoms with E-state index in [9.17, 15) is 9.59 Å². The van der Waals surface area contributed by atoms with Crippen molar-refractivity contribution < 1.29 is 19.8 Å². The van der Waals surface area contributed by atoms with E-state index in [2.05, 4.69) is 24.3 Å². The van der Waals surface area contributed by atoms with Crippen LogP contribution in [0.5, 0.6) is 0 Å². The van der Waals surface area contributed by atoms with Crippen molar-refractivity contribution in [3.05, 3.63) is 47.5 Å². The Kier molecular flexibility index (Phi) is 5.72. The normalized spacial score (nSPS) is 14.4. The Labute approximate surface area is 110 Å². The van der Waals surface area contributed by atoms with Gasteiger partial charge in [0.25, 0.3) is 0 Å². The van der Waals surface area contributed by atoms with E-state index in [4.69, 9.17) is 16.1 Å². The number of hydrogen-bond donors (Lipinski definition) is 3. The number of aliphatic carboxylic acids is 2. The molecule has 19 heavy (non-hydrogen) atoms. The first-order valence-electron chi connectivity index (χ1n) is 5.69. The summed E-state index contributed by atoms with van der Waals surface area (Å²) in [6.07, 6.45) is 2.21. The van der Waals surface area contributed by atoms with Crippen molar-refractivity contribution in [3.8, 4) is 0 Å². The third kappa shape index (κ3) is 5.80. The zero-order chi connectivity index (χ0) is 14.3. The predicted molar refractivity (Wildman–Crippen MR) is 69.2 cm³/mol. The maximum atomic E-state index is 9.55. The van der Waals surface area contributed by atoms with Crippen LogP contribution in [0.25, 0.3) is 0 Å². The molecular formula is C13H16N2O4. The smallest absolute Gasteiger partial charge is 0.328 e. The number of nitrogens with zero attached hydrogens (tertiary/aromatic N) is 1. The summed E-state index contributed by atoms with van der Waals surface area (Å²) in [6.45, 7) is 1.88. The minimum atomic E-state index is -1.26. The molecule has 1 aliphatic heterocycles. The summed E-state index contributed by atoms with van der Waals surface area (Å²) in [5.74, 6) is 3.17. The number of benzene rings is 1. The zero-order valence-corrected chi connectivity index (χ0v) is 10.3. The second-order valence-electron chi connectivity index (χ2n) is 4.00. The van der Waals surface area contributed by atoms with Crippen LogP contribution < -0.4 is 5.84 Å². The van der Waals surface area contributed by atoms with Crippen molar-refractivity contribution in [2.45, 2.75) is 13.0 Å². The molecule has 1 aliphatic rings. The summed E-state index contributed by atoms with van der Waals surface area (Å²) in [5, 5.41) is 17.5. The number of hydrogen-bond acceptors (Lipinski definition) is 4. The Morgan fingerprint density at radius 3 is 2.16 bits per heavy atom. The van der Waals surface area contributed by atoms with Gasteiger partial charge >= 0.3 is 11.9 Å². The Morgan fingerprint density at radius 2 is 1.63 bits per heavy atom. The number of fused-ring (bicyclic) bond motifs is 1. The molecule has 0 unspecified atom stereocenters. The van der Waals surface area contributed by atoms with Gasteiger partial charge in [0.05, 0.1) is 0 Å². The molecule has 6 heteroatoms. The van der Waals surface area contributed by atoms with Crippen LogP contribution in [0, 0.1) is 0 Å². The summed E-state index contributed by atoms with van der Waals surface area (Å²) in [6, 6.07) is 8.49. The average molecular weight is 264 g/mol. The highest BCUT2D eigenvalue weighted by Gasteiger charge is 2.11. The quantitative estimate of drug-likeness (QED) is 0.534. The van der Waals surface area contributed by atoms with Gasteiger partial charge in [-0.2, -0.15) is 0 Å². The predicted octanol–water partition coefficient (Wildman–Crippen LogP) is 0.630. The summed E-state index contributed by atoms with van der Waals surface area (Å²) in [7, 11) is 0. The minimum Gasteiger partial charge on any atom is -0.478 e. The van der Waals surface area contributed by atoms with Crippen LogP contribution in [-0.4, -0.2) is 33.7 Å². The van der Waals surface area contributed by atoms with E-state index in [-0.39, 0.29) is 0 Å². The molecule has 0 saturated heterocycles. The van der Waals surface area contributed by atoms with E-state index in [1.165, 1.54) is 11.1 Å². The molecule has 4 N–H and O–H groups in total. The van der Waals surface area contributed by atoms with Crippen LogP contribution in [0.1, 0.15) is 11.1 Å². The lowest BCUT2D eigenvalue weighted by Gasteiger charge is -2.23. The van der Waals surface area contributed by atoms with Gasteiger partial charge in [-0.05, 0) is 17.5 Å². The molecule has 2 rings (SSSR count). The fourth-order valence-electron chi connectivity index (χ4n) is 1.66. The molecular weight excluding hydrogens is 248 g/mol. The molecule has 0 aliphatic carbocycles. The number of carbonyl (C=O) groups is 2. The average Bonchev–Trinajstić information content (AvgIpc) is 2.37. The molecule has 102 valence electrons. The fraction of sp³-hybridized carbons (Fsp3) is 0.231. The third-order valence-corrected chi connectivity index (χ3v) is 2.53. The summed E-state index contributed by atoms with van der Waals surface area (Å²) in [4.78, 5) is 19.1. The van der Waals surface area contributed by atoms with Crippen molar-refractivity contribution in [1.29, 1.82) is 0 Å². The first kappa shape index (κ1) is 14.9. The molecule has 0 saturated carbocycles. The topological polar surface area (TPSA) is 104 Å². The van der Waals surface area contributed by atoms with Crippen molar-refractivity contribution >= 4 is 11.9 Å². The first-order valence-corrected chi connectivity index (χ1v) is 5.69. The van der Waals surface area contributed by atoms with Crippen LogP contribution >= 0.6 is 0 Å². The second kappa shape index (κ2) is 7.30. The van der Waals surface area contributed by atoms with Crippen molar-refractivity contribution in [3.63, 3.8) is 0 Å². The third-order valence-electron chi connectivity index (χ3n) is 2.53. The van der Waals surface area contributed by atoms with Gasteiger partial charge in [-0.3, -0.25) is 5.84 Å². The van der Waals surface area contributed by atoms with Gasteiger partial charge in [0.2, 0.25) is 0 Å². The zero-order valence-electron chi connectivity index (χ0n) is 10.3. The highest BCUT2D eigenvalue weighted by Crippen LogP contribution is 2.15. The van der Waals surface area contributed by atoms with E-state index in [1.54, 1.807) is 0 Å². The lowest BCUT2D eigenvalue weighted by atomic mass is 10.0. The van der Waals surface area contributed by atoms with E-state index in [0.29, 0.717) is 12.2 Å². The summed E-state index contributed by atoms with van der Waals surface area (Å²) in [5.41, 5.74) is 2.83. The van der Waals surface area contributed by atoms with Crippen molar-refractivity contribution in [1.82, 2.24) is 5.01 Å². The van der Waals surface area contributed by atoms with E-state index >= 15 is 0 Å². The maximum Gasteiger partial charge on any atom is 0.328 e. The molecule has 0 amide bonds. The van der Waals surface area contributed by atoms with Crippen LogP contribution in [0.15, 0.2) is 36.4 Å². The van der Waals surface area contributed by atoms with Gasteiger partial charge in [-0.25, -0.2) is 14.6 Å². The van der Waals surface area contributed by atoms with Crippen LogP contribution in [-0.2, 0) is 22.6 Å². The Morgan fingerprint density at radius 1 is 1.11 bits per heavy atom. The van der Waals surface area contributed by atoms with Crippen LogP contribution in [0.3, 0.4) is 0 Å². The molecule has 0 atom stereocenters. The number of nitrogens with two attached hydrogens (primary N) is 1. The molecule has 0 fully saturated rings. The maximum absolute atomic E-state index is 9.55. The molecule has 0 radical (unpaired) electrons. The van der Waals surface area contributed by atoms with Gasteiger partial charge in [0.1, 0.15) is 0 Å². The first-order chi connectivity index (χ1) is 8.99. The highest BCUT2D eigenvalue weighted by atomic mass is 16.4. The summed E-state index contributed by atoms with van der Waals surface area (Å²) >= 11 is 0. The molecule has 1 aromatic rings. The lowest BCUT2D eigenvalue weighted by molar-refractivity contribution is -0.134. The number of rotatable bonds is 2. The van der Waals surface area contributed by atoms with E-state index < -0.39 is 11.9 Å². The van der Waals surface area contributed by atoms with Gasteiger partial charge in [0, 0.05) is 25.2 Å². The van der Waals surface area contributed by atoms with Gasteiger partial charge in [0.15, 0.2) is 0 Å². The molecule has 1 heterocycles. The largest absolute Gasteiger partial charge is 0.478 e. The minimum absolute atomic E-state index is 0.558. The number of carboxylic acids is 2. The van der Waals surface area contributed by atoms with Crippen LogP contribution in [0.2, 0.25) is 0 Å². The fourth-order valence-corrected chi connectivity index (χ4v) is 1.66. The Hall–Kier alpha value is -2.18. The SMILES string of the molecule is NN1CCc2ccccc2C1.O=C(O)/C=C/C(=O)O. The lowest BCUT2D eigenvalue weighted by Crippen LogP contribution is -2.35. The van der Waals surface area contributed by atoms with Gasteiger partial charge in [-0.15, -0.1) is 0 Å². The van der Waals surface area contributed by atoms with Crippen LogP contribution in [0.4, 0.5) is 0 Å². The van der Waals surface area contributed by atoms with Crippen molar-refractivity contribution in [2.24, 2.45) is 5.84 Å². The highest BCUT2D eigenvalue weighted by molar-refractivity contribution is 5.89. The standard InChI is InChI=1S/C9H12N2.C4H4O4/c10-11-6-5-8-3-1-2-4-9(8)7-11;5-3(6)1-2-4(7)8/h1-4H,5-7,10H2;1-2H,(H,5,6)(H,7,8)/b;2-1+. The van der Waals surface area contributed by atoms with Gasteiger partial charge < -0.3 is 10.2 Å². The molecule has 0 aromatic heterocycles. The Bertz CT molecular complexity index is 469. The number of hydrazine groups is 1. The van der Waals surface area contributed by atoms with Gasteiger partial charge in [-0.1, -0.05) is 24.3 Å². The second-order valence-corrected chi connectivity index (χ2v) is 4.00. The van der Waals surface area contributed by atoms with Crippen molar-refractivity contribution in [2.75, 3.05) is 6.54 Å². The Balaban J connectivity index is 0.000000203.